The number of nitrogens with zero attached hydrogens (tertiary/aromatic N) is 5. The van der Waals surface area contributed by atoms with Crippen molar-refractivity contribution in [2.45, 2.75) is 39.5 Å². The van der Waals surface area contributed by atoms with Crippen LogP contribution in [0.3, 0.4) is 0 Å². The molecule has 0 unspecified atom stereocenters. The number of piperidine rings is 1. The fourth-order valence-corrected chi connectivity index (χ4v) is 3.14. The Bertz CT molecular complexity index is 734. The smallest absolute Gasteiger partial charge is 0.225 e. The summed E-state index contributed by atoms with van der Waals surface area (Å²) in [5.41, 5.74) is 0.972. The Morgan fingerprint density at radius 3 is 2.84 bits per heavy atom. The van der Waals surface area contributed by atoms with Crippen LogP contribution in [0.2, 0.25) is 0 Å². The van der Waals surface area contributed by atoms with Crippen molar-refractivity contribution >= 4 is 17.5 Å². The minimum atomic E-state index is 0.0276. The van der Waals surface area contributed by atoms with Crippen LogP contribution in [-0.2, 0) is 4.79 Å². The molecule has 1 fully saturated rings. The fraction of sp³-hybridized carbons (Fsp3) is 0.500. The predicted octanol–water partition coefficient (Wildman–Crippen LogP) is 2.68. The molecule has 3 heterocycles. The highest BCUT2D eigenvalue weighted by Crippen LogP contribution is 2.28. The fourth-order valence-electron chi connectivity index (χ4n) is 3.14. The molecule has 3 rings (SSSR count). The van der Waals surface area contributed by atoms with Gasteiger partial charge in [0.25, 0.3) is 0 Å². The van der Waals surface area contributed by atoms with Crippen molar-refractivity contribution in [2.75, 3.05) is 18.4 Å². The molecule has 7 heteroatoms. The van der Waals surface area contributed by atoms with E-state index in [0.29, 0.717) is 17.5 Å². The molecule has 132 valence electrons. The number of hydrogen-bond donors (Lipinski definition) is 1. The standard InChI is InChI=1S/C18H24N6O/c1-12(2)18(25)24-8-4-5-14(11-24)15-9-16(22-13(3)21-15)23-17-10-19-6-7-20-17/h6-7,9-10,12,14H,4-5,8,11H2,1-3H3,(H,20,21,22,23)/t14-/m1/s1. The number of rotatable bonds is 4. The van der Waals surface area contributed by atoms with Crippen LogP contribution in [0, 0.1) is 12.8 Å². The third kappa shape index (κ3) is 4.29. The molecule has 1 amide bonds. The van der Waals surface area contributed by atoms with Gasteiger partial charge in [-0.3, -0.25) is 9.78 Å². The average molecular weight is 340 g/mol. The van der Waals surface area contributed by atoms with Gasteiger partial charge in [0, 0.05) is 43.4 Å². The summed E-state index contributed by atoms with van der Waals surface area (Å²) in [4.78, 5) is 31.6. The second-order valence-corrected chi connectivity index (χ2v) is 6.72. The van der Waals surface area contributed by atoms with E-state index >= 15 is 0 Å². The zero-order valence-electron chi connectivity index (χ0n) is 14.9. The molecule has 0 spiro atoms. The largest absolute Gasteiger partial charge is 0.342 e. The minimum absolute atomic E-state index is 0.0276. The first-order chi connectivity index (χ1) is 12.0. The maximum absolute atomic E-state index is 12.3. The average Bonchev–Trinajstić information content (AvgIpc) is 2.61. The van der Waals surface area contributed by atoms with Gasteiger partial charge >= 0.3 is 0 Å². The van der Waals surface area contributed by atoms with E-state index in [-0.39, 0.29) is 17.7 Å². The summed E-state index contributed by atoms with van der Waals surface area (Å²) < 4.78 is 0. The van der Waals surface area contributed by atoms with E-state index in [0.717, 1.165) is 31.6 Å². The Kier molecular flexibility index (Phi) is 5.21. The summed E-state index contributed by atoms with van der Waals surface area (Å²) in [6.45, 7) is 7.33. The molecular weight excluding hydrogens is 316 g/mol. The zero-order valence-corrected chi connectivity index (χ0v) is 14.9. The van der Waals surface area contributed by atoms with Crippen LogP contribution < -0.4 is 5.32 Å². The third-order valence-corrected chi connectivity index (χ3v) is 4.32. The van der Waals surface area contributed by atoms with E-state index in [2.05, 4.69) is 25.3 Å². The Morgan fingerprint density at radius 2 is 2.12 bits per heavy atom. The van der Waals surface area contributed by atoms with Gasteiger partial charge in [0.1, 0.15) is 17.5 Å². The lowest BCUT2D eigenvalue weighted by atomic mass is 9.93. The van der Waals surface area contributed by atoms with E-state index in [9.17, 15) is 4.79 Å². The topological polar surface area (TPSA) is 83.9 Å². The Balaban J connectivity index is 1.78. The molecule has 2 aromatic rings. The first-order valence-electron chi connectivity index (χ1n) is 8.70. The zero-order chi connectivity index (χ0) is 17.8. The molecule has 25 heavy (non-hydrogen) atoms. The van der Waals surface area contributed by atoms with E-state index in [1.807, 2.05) is 31.7 Å². The van der Waals surface area contributed by atoms with Gasteiger partial charge in [-0.15, -0.1) is 0 Å². The minimum Gasteiger partial charge on any atom is -0.342 e. The number of nitrogens with one attached hydrogen (secondary N) is 1. The monoisotopic (exact) mass is 340 g/mol. The summed E-state index contributed by atoms with van der Waals surface area (Å²) in [7, 11) is 0. The quantitative estimate of drug-likeness (QED) is 0.921. The van der Waals surface area contributed by atoms with Gasteiger partial charge in [-0.05, 0) is 19.8 Å². The SMILES string of the molecule is Cc1nc(Nc2cnccn2)cc([C@@H]2CCCN(C(=O)C(C)C)C2)n1. The summed E-state index contributed by atoms with van der Waals surface area (Å²) in [6, 6.07) is 1.95. The summed E-state index contributed by atoms with van der Waals surface area (Å²) in [5, 5.41) is 3.17. The van der Waals surface area contributed by atoms with Crippen LogP contribution in [0.25, 0.3) is 0 Å². The molecule has 0 saturated carbocycles. The maximum atomic E-state index is 12.3. The summed E-state index contributed by atoms with van der Waals surface area (Å²) in [5.74, 6) is 2.53. The van der Waals surface area contributed by atoms with Gasteiger partial charge in [0.15, 0.2) is 0 Å². The lowest BCUT2D eigenvalue weighted by Gasteiger charge is -2.33. The van der Waals surface area contributed by atoms with E-state index in [1.165, 1.54) is 0 Å². The molecule has 0 bridgehead atoms. The molecule has 7 nitrogen and oxygen atoms in total. The van der Waals surface area contributed by atoms with E-state index < -0.39 is 0 Å². The number of amides is 1. The Hall–Kier alpha value is -2.57. The Labute approximate surface area is 147 Å². The third-order valence-electron chi connectivity index (χ3n) is 4.32. The Morgan fingerprint density at radius 1 is 1.28 bits per heavy atom. The van der Waals surface area contributed by atoms with Gasteiger partial charge in [0.2, 0.25) is 5.91 Å². The first kappa shape index (κ1) is 17.3. The van der Waals surface area contributed by atoms with Crippen molar-refractivity contribution in [1.82, 2.24) is 24.8 Å². The second-order valence-electron chi connectivity index (χ2n) is 6.72. The van der Waals surface area contributed by atoms with Crippen molar-refractivity contribution in [2.24, 2.45) is 5.92 Å². The van der Waals surface area contributed by atoms with Crippen LogP contribution in [0.1, 0.15) is 44.1 Å². The van der Waals surface area contributed by atoms with E-state index in [1.54, 1.807) is 18.6 Å². The molecule has 1 N–H and O–H groups in total. The number of hydrogen-bond acceptors (Lipinski definition) is 6. The van der Waals surface area contributed by atoms with Crippen LogP contribution in [0.15, 0.2) is 24.7 Å². The summed E-state index contributed by atoms with van der Waals surface area (Å²) >= 11 is 0. The van der Waals surface area contributed by atoms with Crippen LogP contribution in [0.4, 0.5) is 11.6 Å². The van der Waals surface area contributed by atoms with Crippen molar-refractivity contribution < 1.29 is 4.79 Å². The van der Waals surface area contributed by atoms with Crippen LogP contribution in [-0.4, -0.2) is 43.8 Å². The molecule has 1 saturated heterocycles. The molecule has 0 radical (unpaired) electrons. The van der Waals surface area contributed by atoms with Crippen LogP contribution >= 0.6 is 0 Å². The molecule has 1 aliphatic heterocycles. The predicted molar refractivity (Wildman–Crippen MR) is 95.5 cm³/mol. The molecular formula is C18H24N6O. The number of likely N-dealkylation sites (tertiary alicyclic amines) is 1. The lowest BCUT2D eigenvalue weighted by Crippen LogP contribution is -2.41. The highest BCUT2D eigenvalue weighted by atomic mass is 16.2. The van der Waals surface area contributed by atoms with Crippen molar-refractivity contribution in [3.05, 3.63) is 36.2 Å². The molecule has 1 aliphatic rings. The van der Waals surface area contributed by atoms with E-state index in [4.69, 9.17) is 0 Å². The first-order valence-corrected chi connectivity index (χ1v) is 8.70. The highest BCUT2D eigenvalue weighted by Gasteiger charge is 2.27. The molecule has 2 aromatic heterocycles. The number of aromatic nitrogens is 4. The van der Waals surface area contributed by atoms with Gasteiger partial charge in [-0.25, -0.2) is 15.0 Å². The number of anilines is 2. The molecule has 0 aliphatic carbocycles. The van der Waals surface area contributed by atoms with Crippen LogP contribution in [0.5, 0.6) is 0 Å². The van der Waals surface area contributed by atoms with Gasteiger partial charge in [0.05, 0.1) is 11.9 Å². The molecule has 1 atom stereocenters. The van der Waals surface area contributed by atoms with Crippen molar-refractivity contribution in [3.63, 3.8) is 0 Å². The van der Waals surface area contributed by atoms with Crippen molar-refractivity contribution in [1.29, 1.82) is 0 Å². The number of aryl methyl sites for hydroxylation is 1. The van der Waals surface area contributed by atoms with Crippen molar-refractivity contribution in [3.8, 4) is 0 Å². The lowest BCUT2D eigenvalue weighted by molar-refractivity contribution is -0.135. The normalized spacial score (nSPS) is 17.6. The summed E-state index contributed by atoms with van der Waals surface area (Å²) in [6.07, 6.45) is 6.95. The van der Waals surface area contributed by atoms with Gasteiger partial charge in [-0.1, -0.05) is 13.8 Å². The molecule has 0 aromatic carbocycles. The number of carbonyl (C=O) groups is 1. The number of carbonyl (C=O) groups excluding carboxylic acids is 1. The highest BCUT2D eigenvalue weighted by molar-refractivity contribution is 5.78. The van der Waals surface area contributed by atoms with Gasteiger partial charge in [-0.2, -0.15) is 0 Å². The maximum Gasteiger partial charge on any atom is 0.225 e. The van der Waals surface area contributed by atoms with Gasteiger partial charge < -0.3 is 10.2 Å². The second kappa shape index (κ2) is 7.55.